The SMILES string of the molecule is CC(C)(C)OC(=O)N1CCC2(CC1)Cc1ccc(C3CC3)cc1[C@H]2N[S@](=O)C(C)(C)C. The van der Waals surface area contributed by atoms with Crippen molar-refractivity contribution in [2.75, 3.05) is 13.1 Å². The summed E-state index contributed by atoms with van der Waals surface area (Å²) in [5, 5.41) is 0. The van der Waals surface area contributed by atoms with Gasteiger partial charge >= 0.3 is 6.09 Å². The average Bonchev–Trinajstić information content (AvgIpc) is 3.46. The van der Waals surface area contributed by atoms with Gasteiger partial charge in [-0.25, -0.2) is 13.7 Å². The number of benzene rings is 1. The topological polar surface area (TPSA) is 58.6 Å². The van der Waals surface area contributed by atoms with E-state index in [4.69, 9.17) is 4.74 Å². The molecule has 1 saturated heterocycles. The van der Waals surface area contributed by atoms with Crippen molar-refractivity contribution in [3.8, 4) is 0 Å². The number of likely N-dealkylation sites (tertiary alicyclic amines) is 1. The predicted octanol–water partition coefficient (Wildman–Crippen LogP) is 5.23. The molecule has 0 bridgehead atoms. The van der Waals surface area contributed by atoms with Crippen LogP contribution in [0, 0.1) is 5.41 Å². The van der Waals surface area contributed by atoms with Gasteiger partial charge in [-0.2, -0.15) is 0 Å². The summed E-state index contributed by atoms with van der Waals surface area (Å²) in [6.45, 7) is 13.1. The first kappa shape index (κ1) is 22.8. The van der Waals surface area contributed by atoms with Gasteiger partial charge in [0, 0.05) is 13.1 Å². The number of hydrogen-bond donors (Lipinski definition) is 1. The number of nitrogens with zero attached hydrogens (tertiary/aromatic N) is 1. The van der Waals surface area contributed by atoms with Crippen LogP contribution in [0.25, 0.3) is 0 Å². The first-order valence-electron chi connectivity index (χ1n) is 11.7. The summed E-state index contributed by atoms with van der Waals surface area (Å²) in [7, 11) is -1.15. The number of amides is 1. The first-order chi connectivity index (χ1) is 14.4. The van der Waals surface area contributed by atoms with E-state index in [2.05, 4.69) is 22.9 Å². The highest BCUT2D eigenvalue weighted by Gasteiger charge is 2.50. The molecule has 1 saturated carbocycles. The van der Waals surface area contributed by atoms with Crippen LogP contribution in [-0.2, 0) is 22.1 Å². The molecule has 5 nitrogen and oxygen atoms in total. The minimum Gasteiger partial charge on any atom is -0.444 e. The Balaban J connectivity index is 1.57. The Hall–Kier alpha value is -1.40. The smallest absolute Gasteiger partial charge is 0.410 e. The molecule has 0 radical (unpaired) electrons. The Kier molecular flexibility index (Phi) is 5.79. The Labute approximate surface area is 189 Å². The van der Waals surface area contributed by atoms with Crippen molar-refractivity contribution < 1.29 is 13.7 Å². The van der Waals surface area contributed by atoms with Crippen molar-refractivity contribution in [3.63, 3.8) is 0 Å². The van der Waals surface area contributed by atoms with Crippen molar-refractivity contribution >= 4 is 17.1 Å². The normalized spacial score (nSPS) is 24.2. The molecule has 3 aliphatic rings. The molecule has 1 spiro atoms. The molecule has 172 valence electrons. The van der Waals surface area contributed by atoms with Gasteiger partial charge in [0.05, 0.1) is 21.8 Å². The van der Waals surface area contributed by atoms with Gasteiger partial charge in [-0.3, -0.25) is 0 Å². The average molecular weight is 447 g/mol. The van der Waals surface area contributed by atoms with Gasteiger partial charge in [0.1, 0.15) is 5.60 Å². The van der Waals surface area contributed by atoms with E-state index in [1.54, 1.807) is 0 Å². The fourth-order valence-corrected chi connectivity index (χ4v) is 5.87. The van der Waals surface area contributed by atoms with Crippen LogP contribution in [-0.4, -0.2) is 38.6 Å². The predicted molar refractivity (Wildman–Crippen MR) is 125 cm³/mol. The molecule has 0 unspecified atom stereocenters. The summed E-state index contributed by atoms with van der Waals surface area (Å²) in [6, 6.07) is 7.03. The van der Waals surface area contributed by atoms with Gasteiger partial charge < -0.3 is 9.64 Å². The fourth-order valence-electron chi connectivity index (χ4n) is 4.92. The largest absolute Gasteiger partial charge is 0.444 e. The van der Waals surface area contributed by atoms with Crippen LogP contribution in [0.2, 0.25) is 0 Å². The third-order valence-corrected chi connectivity index (χ3v) is 8.44. The Morgan fingerprint density at radius 3 is 2.32 bits per heavy atom. The zero-order chi connectivity index (χ0) is 22.6. The number of hydrogen-bond acceptors (Lipinski definition) is 3. The summed E-state index contributed by atoms with van der Waals surface area (Å²) >= 11 is 0. The van der Waals surface area contributed by atoms with Crippen LogP contribution in [0.3, 0.4) is 0 Å². The highest BCUT2D eigenvalue weighted by molar-refractivity contribution is 7.84. The third kappa shape index (κ3) is 4.85. The van der Waals surface area contributed by atoms with Crippen LogP contribution >= 0.6 is 0 Å². The van der Waals surface area contributed by atoms with Gasteiger partial charge in [0.2, 0.25) is 0 Å². The molecule has 31 heavy (non-hydrogen) atoms. The second kappa shape index (κ2) is 7.87. The summed E-state index contributed by atoms with van der Waals surface area (Å²) in [6.07, 6.45) is 5.09. The van der Waals surface area contributed by atoms with Crippen molar-refractivity contribution in [3.05, 3.63) is 34.9 Å². The van der Waals surface area contributed by atoms with Gasteiger partial charge in [0.25, 0.3) is 0 Å². The van der Waals surface area contributed by atoms with Crippen molar-refractivity contribution in [2.24, 2.45) is 5.41 Å². The van der Waals surface area contributed by atoms with Gasteiger partial charge in [-0.05, 0) is 102 Å². The number of piperidine rings is 1. The lowest BCUT2D eigenvalue weighted by atomic mass is 9.73. The number of carbonyl (C=O) groups excluding carboxylic acids is 1. The quantitative estimate of drug-likeness (QED) is 0.692. The molecule has 1 aromatic carbocycles. The molecule has 1 heterocycles. The third-order valence-electron chi connectivity index (χ3n) is 6.88. The summed E-state index contributed by atoms with van der Waals surface area (Å²) < 4.78 is 21.9. The zero-order valence-electron chi connectivity index (χ0n) is 19.9. The highest BCUT2D eigenvalue weighted by Crippen LogP contribution is 2.54. The molecule has 2 atom stereocenters. The van der Waals surface area contributed by atoms with E-state index in [1.165, 1.54) is 29.5 Å². The van der Waals surface area contributed by atoms with Gasteiger partial charge in [-0.15, -0.1) is 0 Å². The Morgan fingerprint density at radius 1 is 1.13 bits per heavy atom. The van der Waals surface area contributed by atoms with Crippen LogP contribution < -0.4 is 4.72 Å². The molecule has 0 aromatic heterocycles. The minimum absolute atomic E-state index is 0.00999. The standard InChI is InChI=1S/C25H38N2O3S/c1-23(2,3)30-22(28)27-13-11-25(12-14-27)16-19-10-9-18(17-7-8-17)15-20(19)21(25)26-31(29)24(4,5)6/h9-10,15,17,21,26H,7-8,11-14,16H2,1-6H3/t21-,31-/m1/s1. The maximum Gasteiger partial charge on any atom is 0.410 e. The Bertz CT molecular complexity index is 872. The zero-order valence-corrected chi connectivity index (χ0v) is 20.7. The van der Waals surface area contributed by atoms with Crippen LogP contribution in [0.1, 0.15) is 95.9 Å². The van der Waals surface area contributed by atoms with Crippen molar-refractivity contribution in [1.29, 1.82) is 0 Å². The second-order valence-corrected chi connectivity index (χ2v) is 13.7. The van der Waals surface area contributed by atoms with E-state index >= 15 is 0 Å². The lowest BCUT2D eigenvalue weighted by Crippen LogP contribution is -2.49. The summed E-state index contributed by atoms with van der Waals surface area (Å²) in [5.41, 5.74) is 3.63. The van der Waals surface area contributed by atoms with E-state index < -0.39 is 16.6 Å². The molecular formula is C25H38N2O3S. The number of nitrogens with one attached hydrogen (secondary N) is 1. The molecule has 6 heteroatoms. The maximum atomic E-state index is 13.1. The number of rotatable bonds is 3. The number of ether oxygens (including phenoxy) is 1. The molecule has 1 N–H and O–H groups in total. The molecule has 1 amide bonds. The second-order valence-electron chi connectivity index (χ2n) is 11.7. The minimum atomic E-state index is -1.15. The monoisotopic (exact) mass is 446 g/mol. The van der Waals surface area contributed by atoms with Crippen molar-refractivity contribution in [2.45, 2.75) is 96.0 Å². The number of fused-ring (bicyclic) bond motifs is 1. The van der Waals surface area contributed by atoms with Crippen LogP contribution in [0.4, 0.5) is 4.79 Å². The fraction of sp³-hybridized carbons (Fsp3) is 0.720. The molecule has 1 aliphatic heterocycles. The summed E-state index contributed by atoms with van der Waals surface area (Å²) in [4.78, 5) is 14.4. The van der Waals surface area contributed by atoms with Crippen LogP contribution in [0.15, 0.2) is 18.2 Å². The van der Waals surface area contributed by atoms with Crippen LogP contribution in [0.5, 0.6) is 0 Å². The number of carbonyl (C=O) groups is 1. The lowest BCUT2D eigenvalue weighted by molar-refractivity contribution is 0.00724. The summed E-state index contributed by atoms with van der Waals surface area (Å²) in [5.74, 6) is 0.699. The molecule has 1 aromatic rings. The first-order valence-corrected chi connectivity index (χ1v) is 12.8. The van der Waals surface area contributed by atoms with Gasteiger partial charge in [0.15, 0.2) is 0 Å². The molecular weight excluding hydrogens is 408 g/mol. The molecule has 2 fully saturated rings. The lowest BCUT2D eigenvalue weighted by Gasteiger charge is -2.44. The van der Waals surface area contributed by atoms with E-state index in [0.29, 0.717) is 19.0 Å². The van der Waals surface area contributed by atoms with E-state index in [-0.39, 0.29) is 22.3 Å². The van der Waals surface area contributed by atoms with E-state index in [9.17, 15) is 9.00 Å². The maximum absolute atomic E-state index is 13.1. The van der Waals surface area contributed by atoms with E-state index in [1.807, 2.05) is 46.4 Å². The Morgan fingerprint density at radius 2 is 1.77 bits per heavy atom. The van der Waals surface area contributed by atoms with Crippen molar-refractivity contribution in [1.82, 2.24) is 9.62 Å². The molecule has 4 rings (SSSR count). The van der Waals surface area contributed by atoms with E-state index in [0.717, 1.165) is 19.3 Å². The highest BCUT2D eigenvalue weighted by atomic mass is 32.2. The van der Waals surface area contributed by atoms with Gasteiger partial charge in [-0.1, -0.05) is 18.2 Å². The molecule has 2 aliphatic carbocycles.